The van der Waals surface area contributed by atoms with Crippen LogP contribution in [0.3, 0.4) is 0 Å². The predicted molar refractivity (Wildman–Crippen MR) is 75.8 cm³/mol. The van der Waals surface area contributed by atoms with E-state index in [-0.39, 0.29) is 0 Å². The molecule has 2 rings (SSSR count). The number of hydrogen-bond donors (Lipinski definition) is 1. The summed E-state index contributed by atoms with van der Waals surface area (Å²) in [5, 5.41) is 6.43. The van der Waals surface area contributed by atoms with E-state index in [4.69, 9.17) is 0 Å². The molecule has 0 saturated heterocycles. The highest BCUT2D eigenvalue weighted by Gasteiger charge is 2.06. The zero-order valence-corrected chi connectivity index (χ0v) is 11.6. The number of thiazole rings is 1. The van der Waals surface area contributed by atoms with Gasteiger partial charge in [-0.15, -0.1) is 11.3 Å². The third-order valence-corrected chi connectivity index (χ3v) is 3.49. The van der Waals surface area contributed by atoms with Gasteiger partial charge in [0.1, 0.15) is 0 Å². The molecule has 0 aliphatic carbocycles. The number of rotatable bonds is 3. The molecule has 0 bridgehead atoms. The highest BCUT2D eigenvalue weighted by atomic mass is 32.1. The van der Waals surface area contributed by atoms with Crippen molar-refractivity contribution in [3.05, 3.63) is 34.7 Å². The summed E-state index contributed by atoms with van der Waals surface area (Å²) >= 11 is 1.66. The van der Waals surface area contributed by atoms with Crippen LogP contribution in [0.1, 0.15) is 25.0 Å². The molecule has 1 N–H and O–H groups in total. The maximum absolute atomic E-state index is 4.60. The van der Waals surface area contributed by atoms with E-state index in [1.165, 1.54) is 16.7 Å². The van der Waals surface area contributed by atoms with Crippen LogP contribution in [0.4, 0.5) is 5.13 Å². The molecular formula is C14H18N2S. The van der Waals surface area contributed by atoms with E-state index in [2.05, 4.69) is 61.6 Å². The molecule has 1 heterocycles. The standard InChI is InChI=1S/C14H18N2S/c1-9(2)15-14-16-13(8-17-14)12-6-5-10(3)11(4)7-12/h5-9H,1-4H3,(H,15,16). The van der Waals surface area contributed by atoms with Crippen molar-refractivity contribution in [2.75, 3.05) is 5.32 Å². The second-order valence-electron chi connectivity index (χ2n) is 4.64. The molecule has 0 saturated carbocycles. The van der Waals surface area contributed by atoms with E-state index in [1.54, 1.807) is 11.3 Å². The Bertz CT molecular complexity index is 515. The van der Waals surface area contributed by atoms with Crippen molar-refractivity contribution in [1.82, 2.24) is 4.98 Å². The van der Waals surface area contributed by atoms with E-state index >= 15 is 0 Å². The zero-order chi connectivity index (χ0) is 12.4. The number of benzene rings is 1. The summed E-state index contributed by atoms with van der Waals surface area (Å²) in [4.78, 5) is 4.60. The number of aryl methyl sites for hydroxylation is 2. The van der Waals surface area contributed by atoms with Gasteiger partial charge in [0.25, 0.3) is 0 Å². The minimum absolute atomic E-state index is 0.425. The molecule has 2 aromatic rings. The molecule has 90 valence electrons. The van der Waals surface area contributed by atoms with E-state index in [9.17, 15) is 0 Å². The van der Waals surface area contributed by atoms with Crippen molar-refractivity contribution in [2.24, 2.45) is 0 Å². The molecule has 0 aliphatic heterocycles. The summed E-state index contributed by atoms with van der Waals surface area (Å²) in [5.74, 6) is 0. The molecule has 0 unspecified atom stereocenters. The fraction of sp³-hybridized carbons (Fsp3) is 0.357. The first kappa shape index (κ1) is 12.1. The SMILES string of the molecule is Cc1ccc(-c2csc(NC(C)C)n2)cc1C. The van der Waals surface area contributed by atoms with Crippen LogP contribution in [0.5, 0.6) is 0 Å². The van der Waals surface area contributed by atoms with Gasteiger partial charge in [-0.1, -0.05) is 12.1 Å². The van der Waals surface area contributed by atoms with E-state index in [0.29, 0.717) is 6.04 Å². The summed E-state index contributed by atoms with van der Waals surface area (Å²) < 4.78 is 0. The first-order chi connectivity index (χ1) is 8.06. The van der Waals surface area contributed by atoms with E-state index < -0.39 is 0 Å². The van der Waals surface area contributed by atoms with Gasteiger partial charge >= 0.3 is 0 Å². The summed E-state index contributed by atoms with van der Waals surface area (Å²) in [6.45, 7) is 8.51. The molecule has 3 heteroatoms. The van der Waals surface area contributed by atoms with Gasteiger partial charge in [0.05, 0.1) is 5.69 Å². The smallest absolute Gasteiger partial charge is 0.183 e. The highest BCUT2D eigenvalue weighted by molar-refractivity contribution is 7.14. The molecule has 0 radical (unpaired) electrons. The quantitative estimate of drug-likeness (QED) is 0.876. The third-order valence-electron chi connectivity index (χ3n) is 2.72. The lowest BCUT2D eigenvalue weighted by Gasteiger charge is -2.05. The molecule has 1 aromatic carbocycles. The molecule has 0 aliphatic rings. The van der Waals surface area contributed by atoms with Gasteiger partial charge in [-0.25, -0.2) is 4.98 Å². The Hall–Kier alpha value is -1.35. The van der Waals surface area contributed by atoms with Gasteiger partial charge in [0.2, 0.25) is 0 Å². The Morgan fingerprint density at radius 2 is 1.94 bits per heavy atom. The highest BCUT2D eigenvalue weighted by Crippen LogP contribution is 2.26. The fourth-order valence-corrected chi connectivity index (χ4v) is 2.49. The van der Waals surface area contributed by atoms with Crippen molar-refractivity contribution in [2.45, 2.75) is 33.7 Å². The number of hydrogen-bond acceptors (Lipinski definition) is 3. The maximum atomic E-state index is 4.60. The van der Waals surface area contributed by atoms with E-state index in [0.717, 1.165) is 10.8 Å². The normalized spacial score (nSPS) is 10.9. The van der Waals surface area contributed by atoms with Crippen LogP contribution in [-0.2, 0) is 0 Å². The third kappa shape index (κ3) is 2.86. The van der Waals surface area contributed by atoms with Crippen molar-refractivity contribution in [3.63, 3.8) is 0 Å². The molecule has 0 fully saturated rings. The molecule has 0 spiro atoms. The minimum atomic E-state index is 0.425. The molecule has 2 nitrogen and oxygen atoms in total. The van der Waals surface area contributed by atoms with E-state index in [1.807, 2.05) is 0 Å². The average Bonchev–Trinajstić information content (AvgIpc) is 2.69. The summed E-state index contributed by atoms with van der Waals surface area (Å²) in [6, 6.07) is 6.91. The van der Waals surface area contributed by atoms with Crippen LogP contribution in [0.2, 0.25) is 0 Å². The lowest BCUT2D eigenvalue weighted by molar-refractivity contribution is 0.897. The second-order valence-corrected chi connectivity index (χ2v) is 5.49. The lowest BCUT2D eigenvalue weighted by atomic mass is 10.1. The largest absolute Gasteiger partial charge is 0.359 e. The van der Waals surface area contributed by atoms with Crippen molar-refractivity contribution < 1.29 is 0 Å². The number of aromatic nitrogens is 1. The molecule has 1 aromatic heterocycles. The van der Waals surface area contributed by atoms with Crippen LogP contribution in [0.25, 0.3) is 11.3 Å². The average molecular weight is 246 g/mol. The van der Waals surface area contributed by atoms with Gasteiger partial charge in [-0.3, -0.25) is 0 Å². The monoisotopic (exact) mass is 246 g/mol. The summed E-state index contributed by atoms with van der Waals surface area (Å²) in [7, 11) is 0. The van der Waals surface area contributed by atoms with Gasteiger partial charge in [0, 0.05) is 17.0 Å². The van der Waals surface area contributed by atoms with Crippen molar-refractivity contribution in [3.8, 4) is 11.3 Å². The topological polar surface area (TPSA) is 24.9 Å². The zero-order valence-electron chi connectivity index (χ0n) is 10.7. The number of nitrogens with one attached hydrogen (secondary N) is 1. The first-order valence-electron chi connectivity index (χ1n) is 5.86. The minimum Gasteiger partial charge on any atom is -0.359 e. The van der Waals surface area contributed by atoms with Crippen LogP contribution in [0, 0.1) is 13.8 Å². The Morgan fingerprint density at radius 1 is 1.18 bits per heavy atom. The van der Waals surface area contributed by atoms with Crippen LogP contribution < -0.4 is 5.32 Å². The Morgan fingerprint density at radius 3 is 2.59 bits per heavy atom. The number of anilines is 1. The van der Waals surface area contributed by atoms with Crippen LogP contribution in [0.15, 0.2) is 23.6 Å². The van der Waals surface area contributed by atoms with Crippen LogP contribution in [-0.4, -0.2) is 11.0 Å². The molecule has 0 amide bonds. The fourth-order valence-electron chi connectivity index (χ4n) is 1.62. The molecule has 0 atom stereocenters. The Balaban J connectivity index is 2.27. The van der Waals surface area contributed by atoms with Gasteiger partial charge < -0.3 is 5.32 Å². The Kier molecular flexibility index (Phi) is 3.48. The second kappa shape index (κ2) is 4.88. The summed E-state index contributed by atoms with van der Waals surface area (Å²) in [5.41, 5.74) is 4.89. The lowest BCUT2D eigenvalue weighted by Crippen LogP contribution is -2.08. The first-order valence-corrected chi connectivity index (χ1v) is 6.74. The molecule has 17 heavy (non-hydrogen) atoms. The molecular weight excluding hydrogens is 228 g/mol. The number of nitrogens with zero attached hydrogens (tertiary/aromatic N) is 1. The Labute approximate surface area is 107 Å². The van der Waals surface area contributed by atoms with Gasteiger partial charge in [0.15, 0.2) is 5.13 Å². The van der Waals surface area contributed by atoms with Gasteiger partial charge in [-0.05, 0) is 44.9 Å². The summed E-state index contributed by atoms with van der Waals surface area (Å²) in [6.07, 6.45) is 0. The van der Waals surface area contributed by atoms with Gasteiger partial charge in [-0.2, -0.15) is 0 Å². The predicted octanol–water partition coefficient (Wildman–Crippen LogP) is 4.25. The van der Waals surface area contributed by atoms with Crippen molar-refractivity contribution >= 4 is 16.5 Å². The maximum Gasteiger partial charge on any atom is 0.183 e. The van der Waals surface area contributed by atoms with Crippen LogP contribution >= 0.6 is 11.3 Å². The van der Waals surface area contributed by atoms with Crippen molar-refractivity contribution in [1.29, 1.82) is 0 Å².